The first-order chi connectivity index (χ1) is 24.4. The van der Waals surface area contributed by atoms with Crippen LogP contribution in [0.1, 0.15) is 65.2 Å². The fourth-order valence-electron chi connectivity index (χ4n) is 6.79. The number of methoxy groups -OCH3 is 1. The van der Waals surface area contributed by atoms with E-state index in [1.165, 1.54) is 7.11 Å². The molecule has 0 saturated carbocycles. The Morgan fingerprint density at radius 2 is 1.35 bits per heavy atom. The number of aromatic nitrogens is 2. The van der Waals surface area contributed by atoms with Gasteiger partial charge in [-0.25, -0.2) is 14.6 Å². The molecule has 51 heavy (non-hydrogen) atoms. The Kier molecular flexibility index (Phi) is 11.6. The highest BCUT2D eigenvalue weighted by molar-refractivity contribution is 5.99. The van der Waals surface area contributed by atoms with Crippen LogP contribution in [0.4, 0.5) is 15.3 Å². The van der Waals surface area contributed by atoms with E-state index in [4.69, 9.17) is 0 Å². The lowest BCUT2D eigenvalue weighted by atomic mass is 10.0. The fourth-order valence-corrected chi connectivity index (χ4v) is 6.79. The van der Waals surface area contributed by atoms with Gasteiger partial charge in [0, 0.05) is 18.8 Å². The van der Waals surface area contributed by atoms with Crippen LogP contribution in [0, 0.1) is 11.8 Å². The van der Waals surface area contributed by atoms with Crippen LogP contribution in [0.25, 0.3) is 22.4 Å². The summed E-state index contributed by atoms with van der Waals surface area (Å²) in [5, 5.41) is 17.2. The summed E-state index contributed by atoms with van der Waals surface area (Å²) in [6, 6.07) is 12.9. The number of H-pyrrole nitrogens is 1. The van der Waals surface area contributed by atoms with Crippen LogP contribution < -0.4 is 16.0 Å². The van der Waals surface area contributed by atoms with Crippen molar-refractivity contribution in [1.29, 1.82) is 0 Å². The quantitative estimate of drug-likeness (QED) is 0.185. The third kappa shape index (κ3) is 8.50. The number of anilines is 1. The van der Waals surface area contributed by atoms with Gasteiger partial charge in [-0.2, -0.15) is 0 Å². The SMILES string of the molecule is COC(=O)NC(C(=O)N1CCCC1C(=O)Nc1ccc(-c2ccc(-c3cnc(C4CCCN4C(=O)C(NC(=O)O)C(C)C)[nH]3)cc2)cc1)C(C)C. The third-order valence-corrected chi connectivity index (χ3v) is 9.57. The van der Waals surface area contributed by atoms with Gasteiger partial charge in [0.25, 0.3) is 0 Å². The standard InChI is InChI=1S/C37H47N7O7/c1-21(2)30(41-36(48)49)34(46)43-18-6-8-28(43)32-38-20-27(40-32)25-12-10-23(11-13-25)24-14-16-26(17-15-24)39-33(45)29-9-7-19-44(29)35(47)31(22(3)4)42-37(50)51-5/h10-17,20-22,28-31,41H,6-9,18-19H2,1-5H3,(H,38,40)(H,39,45)(H,42,50)(H,48,49). The Morgan fingerprint density at radius 3 is 1.96 bits per heavy atom. The summed E-state index contributed by atoms with van der Waals surface area (Å²) in [7, 11) is 1.24. The lowest BCUT2D eigenvalue weighted by molar-refractivity contribution is -0.139. The van der Waals surface area contributed by atoms with Crippen LogP contribution >= 0.6 is 0 Å². The van der Waals surface area contributed by atoms with Gasteiger partial charge in [0.05, 0.1) is 25.0 Å². The average Bonchev–Trinajstić information content (AvgIpc) is 3.90. The van der Waals surface area contributed by atoms with Gasteiger partial charge in [-0.1, -0.05) is 64.1 Å². The molecule has 14 heteroatoms. The van der Waals surface area contributed by atoms with Crippen LogP contribution in [-0.2, 0) is 19.1 Å². The Balaban J connectivity index is 1.21. The van der Waals surface area contributed by atoms with Crippen molar-refractivity contribution < 1.29 is 33.8 Å². The number of imidazole rings is 1. The summed E-state index contributed by atoms with van der Waals surface area (Å²) >= 11 is 0. The van der Waals surface area contributed by atoms with Crippen LogP contribution in [0.5, 0.6) is 0 Å². The minimum absolute atomic E-state index is 0.187. The predicted molar refractivity (Wildman–Crippen MR) is 190 cm³/mol. The molecule has 2 aliphatic heterocycles. The van der Waals surface area contributed by atoms with Crippen LogP contribution in [0.15, 0.2) is 54.7 Å². The number of hydrogen-bond acceptors (Lipinski definition) is 7. The van der Waals surface area contributed by atoms with Crippen LogP contribution in [0.3, 0.4) is 0 Å². The monoisotopic (exact) mass is 701 g/mol. The zero-order chi connectivity index (χ0) is 36.8. The summed E-state index contributed by atoms with van der Waals surface area (Å²) in [6.07, 6.45) is 2.58. The molecule has 0 radical (unpaired) electrons. The smallest absolute Gasteiger partial charge is 0.407 e. The number of likely N-dealkylation sites (tertiary alicyclic amines) is 2. The number of rotatable bonds is 11. The second kappa shape index (κ2) is 16.1. The topological polar surface area (TPSA) is 186 Å². The van der Waals surface area contributed by atoms with E-state index < -0.39 is 30.3 Å². The maximum Gasteiger partial charge on any atom is 0.407 e. The van der Waals surface area contributed by atoms with E-state index >= 15 is 0 Å². The first-order valence-electron chi connectivity index (χ1n) is 17.4. The van der Waals surface area contributed by atoms with Crippen molar-refractivity contribution in [2.24, 2.45) is 11.8 Å². The third-order valence-electron chi connectivity index (χ3n) is 9.57. The highest BCUT2D eigenvalue weighted by Gasteiger charge is 2.39. The number of hydrogen-bond donors (Lipinski definition) is 5. The highest BCUT2D eigenvalue weighted by Crippen LogP contribution is 2.33. The lowest BCUT2D eigenvalue weighted by Crippen LogP contribution is -2.54. The average molecular weight is 702 g/mol. The van der Waals surface area contributed by atoms with E-state index in [0.29, 0.717) is 37.4 Å². The van der Waals surface area contributed by atoms with Gasteiger partial charge in [-0.15, -0.1) is 0 Å². The van der Waals surface area contributed by atoms with E-state index in [1.807, 2.05) is 76.2 Å². The van der Waals surface area contributed by atoms with E-state index in [9.17, 15) is 29.1 Å². The summed E-state index contributed by atoms with van der Waals surface area (Å²) in [5.74, 6) is -0.551. The van der Waals surface area contributed by atoms with E-state index in [2.05, 4.69) is 30.7 Å². The van der Waals surface area contributed by atoms with Crippen molar-refractivity contribution in [3.63, 3.8) is 0 Å². The van der Waals surface area contributed by atoms with Crippen LogP contribution in [-0.4, -0.2) is 93.1 Å². The Hall–Kier alpha value is -5.40. The zero-order valence-electron chi connectivity index (χ0n) is 29.6. The maximum atomic E-state index is 13.3. The molecule has 2 fully saturated rings. The van der Waals surface area contributed by atoms with Crippen molar-refractivity contribution in [2.75, 3.05) is 25.5 Å². The summed E-state index contributed by atoms with van der Waals surface area (Å²) in [6.45, 7) is 8.26. The molecule has 2 aromatic carbocycles. The van der Waals surface area contributed by atoms with Gasteiger partial charge < -0.3 is 40.6 Å². The zero-order valence-corrected chi connectivity index (χ0v) is 29.6. The molecule has 3 heterocycles. The number of ether oxygens (including phenoxy) is 1. The molecule has 0 bridgehead atoms. The second-order valence-corrected chi connectivity index (χ2v) is 13.7. The summed E-state index contributed by atoms with van der Waals surface area (Å²) in [4.78, 5) is 74.3. The molecule has 5 amide bonds. The molecule has 4 unspecified atom stereocenters. The lowest BCUT2D eigenvalue weighted by Gasteiger charge is -2.30. The van der Waals surface area contributed by atoms with Gasteiger partial charge in [0.15, 0.2) is 0 Å². The number of carbonyl (C=O) groups excluding carboxylic acids is 4. The Morgan fingerprint density at radius 1 is 0.804 bits per heavy atom. The minimum atomic E-state index is -1.22. The first kappa shape index (κ1) is 36.9. The molecule has 3 aromatic rings. The number of alkyl carbamates (subject to hydrolysis) is 1. The second-order valence-electron chi connectivity index (χ2n) is 13.7. The molecular formula is C37H47N7O7. The molecule has 0 spiro atoms. The number of benzene rings is 2. The molecule has 14 nitrogen and oxygen atoms in total. The van der Waals surface area contributed by atoms with Crippen molar-refractivity contribution in [2.45, 2.75) is 77.5 Å². The van der Waals surface area contributed by atoms with E-state index in [-0.39, 0.29) is 35.6 Å². The van der Waals surface area contributed by atoms with Gasteiger partial charge in [0.1, 0.15) is 23.9 Å². The molecule has 5 N–H and O–H groups in total. The summed E-state index contributed by atoms with van der Waals surface area (Å²) < 4.78 is 4.68. The molecule has 272 valence electrons. The van der Waals surface area contributed by atoms with Gasteiger partial charge in [-0.3, -0.25) is 14.4 Å². The van der Waals surface area contributed by atoms with Crippen molar-refractivity contribution in [1.82, 2.24) is 30.4 Å². The van der Waals surface area contributed by atoms with E-state index in [0.717, 1.165) is 35.2 Å². The molecule has 1 aromatic heterocycles. The normalized spacial score (nSPS) is 18.4. The molecule has 2 saturated heterocycles. The molecule has 4 atom stereocenters. The predicted octanol–water partition coefficient (Wildman–Crippen LogP) is 5.01. The Bertz CT molecular complexity index is 1720. The molecular weight excluding hydrogens is 654 g/mol. The van der Waals surface area contributed by atoms with Gasteiger partial charge in [-0.05, 0) is 66.3 Å². The number of carboxylic acid groups (broad SMARTS) is 1. The number of nitrogens with one attached hydrogen (secondary N) is 4. The van der Waals surface area contributed by atoms with Gasteiger partial charge >= 0.3 is 12.2 Å². The number of aromatic amines is 1. The van der Waals surface area contributed by atoms with E-state index in [1.54, 1.807) is 16.0 Å². The Labute approximate surface area is 297 Å². The molecule has 0 aliphatic carbocycles. The van der Waals surface area contributed by atoms with Crippen molar-refractivity contribution in [3.05, 3.63) is 60.6 Å². The number of amides is 5. The largest absolute Gasteiger partial charge is 0.465 e. The van der Waals surface area contributed by atoms with Gasteiger partial charge in [0.2, 0.25) is 17.7 Å². The molecule has 2 aliphatic rings. The van der Waals surface area contributed by atoms with Crippen LogP contribution in [0.2, 0.25) is 0 Å². The summed E-state index contributed by atoms with van der Waals surface area (Å²) in [5.41, 5.74) is 4.25. The maximum absolute atomic E-state index is 13.3. The number of nitrogens with zero attached hydrogens (tertiary/aromatic N) is 3. The highest BCUT2D eigenvalue weighted by atomic mass is 16.5. The first-order valence-corrected chi connectivity index (χ1v) is 17.4. The minimum Gasteiger partial charge on any atom is -0.465 e. The van der Waals surface area contributed by atoms with Crippen molar-refractivity contribution in [3.8, 4) is 22.4 Å². The fraction of sp³-hybridized carbons (Fsp3) is 0.459. The molecule has 5 rings (SSSR count). The number of carbonyl (C=O) groups is 5. The van der Waals surface area contributed by atoms with Crippen molar-refractivity contribution >= 4 is 35.6 Å².